The Morgan fingerprint density at radius 1 is 0.897 bits per heavy atom. The standard InChI is InChI=1S/C32H35N3O4/c1-21-9-12-25(13-10-21)34-31(36)28-29(35(39-30(28)32(34)37)26-7-5-4-6-8-26)23-11-14-27(38-3)24(19-23)20-33-17-15-22(2)16-18-33/h4-14,19,22,28-30H,15-18,20H2,1-3H3/t28-,29+,30+/m1/s1. The third-order valence-corrected chi connectivity index (χ3v) is 8.33. The van der Waals surface area contributed by atoms with Crippen LogP contribution in [0.4, 0.5) is 11.4 Å². The van der Waals surface area contributed by atoms with E-state index in [1.165, 1.54) is 17.7 Å². The van der Waals surface area contributed by atoms with Gasteiger partial charge in [-0.05, 0) is 80.7 Å². The molecule has 7 heteroatoms. The number of hydrogen-bond donors (Lipinski definition) is 0. The Kier molecular flexibility index (Phi) is 6.87. The number of amides is 2. The van der Waals surface area contributed by atoms with Crippen LogP contribution >= 0.6 is 0 Å². The second-order valence-corrected chi connectivity index (χ2v) is 11.0. The Hall–Kier alpha value is -3.68. The summed E-state index contributed by atoms with van der Waals surface area (Å²) in [4.78, 5) is 37.7. The van der Waals surface area contributed by atoms with Gasteiger partial charge in [-0.2, -0.15) is 0 Å². The molecule has 202 valence electrons. The Labute approximate surface area is 229 Å². The summed E-state index contributed by atoms with van der Waals surface area (Å²) in [5.74, 6) is 0.349. The number of hydroxylamine groups is 1. The molecule has 3 aromatic rings. The zero-order valence-corrected chi connectivity index (χ0v) is 22.7. The molecule has 3 fully saturated rings. The summed E-state index contributed by atoms with van der Waals surface area (Å²) < 4.78 is 5.75. The van der Waals surface area contributed by atoms with Crippen molar-refractivity contribution in [3.05, 3.63) is 89.5 Å². The minimum atomic E-state index is -0.891. The van der Waals surface area contributed by atoms with E-state index < -0.39 is 18.1 Å². The van der Waals surface area contributed by atoms with Crippen LogP contribution in [0.15, 0.2) is 72.8 Å². The quantitative estimate of drug-likeness (QED) is 0.408. The van der Waals surface area contributed by atoms with Crippen molar-refractivity contribution in [2.24, 2.45) is 11.8 Å². The van der Waals surface area contributed by atoms with Gasteiger partial charge in [-0.15, -0.1) is 0 Å². The Bertz CT molecular complexity index is 1350. The van der Waals surface area contributed by atoms with E-state index in [1.54, 1.807) is 12.2 Å². The maximum atomic E-state index is 14.0. The third kappa shape index (κ3) is 4.70. The van der Waals surface area contributed by atoms with E-state index in [2.05, 4.69) is 17.9 Å². The lowest BCUT2D eigenvalue weighted by atomic mass is 9.89. The van der Waals surface area contributed by atoms with Crippen LogP contribution in [0, 0.1) is 18.8 Å². The molecule has 0 N–H and O–H groups in total. The third-order valence-electron chi connectivity index (χ3n) is 8.33. The fourth-order valence-corrected chi connectivity index (χ4v) is 6.07. The first-order valence-corrected chi connectivity index (χ1v) is 13.8. The van der Waals surface area contributed by atoms with Crippen LogP contribution in [0.5, 0.6) is 5.75 Å². The van der Waals surface area contributed by atoms with Gasteiger partial charge >= 0.3 is 0 Å². The lowest BCUT2D eigenvalue weighted by Crippen LogP contribution is -2.37. The number of imide groups is 1. The molecule has 0 radical (unpaired) electrons. The summed E-state index contributed by atoms with van der Waals surface area (Å²) in [5.41, 5.74) is 4.46. The molecule has 0 bridgehead atoms. The number of benzene rings is 3. The highest BCUT2D eigenvalue weighted by molar-refractivity contribution is 6.23. The molecule has 0 unspecified atom stereocenters. The van der Waals surface area contributed by atoms with Crippen molar-refractivity contribution in [3.8, 4) is 5.75 Å². The first kappa shape index (κ1) is 25.6. The number of ether oxygens (including phenoxy) is 1. The number of anilines is 2. The largest absolute Gasteiger partial charge is 0.496 e. The average Bonchev–Trinajstić information content (AvgIpc) is 3.46. The van der Waals surface area contributed by atoms with Gasteiger partial charge < -0.3 is 4.74 Å². The van der Waals surface area contributed by atoms with Crippen molar-refractivity contribution in [2.45, 2.75) is 45.4 Å². The Morgan fingerprint density at radius 3 is 2.31 bits per heavy atom. The van der Waals surface area contributed by atoms with Crippen LogP contribution < -0.4 is 14.7 Å². The first-order valence-electron chi connectivity index (χ1n) is 13.8. The number of nitrogens with zero attached hydrogens (tertiary/aromatic N) is 3. The first-order chi connectivity index (χ1) is 18.9. The molecule has 2 amide bonds. The second kappa shape index (κ2) is 10.5. The molecule has 3 saturated heterocycles. The molecular formula is C32H35N3O4. The van der Waals surface area contributed by atoms with Crippen LogP contribution in [0.25, 0.3) is 0 Å². The lowest BCUT2D eigenvalue weighted by molar-refractivity contribution is -0.126. The number of carbonyl (C=O) groups excluding carboxylic acids is 2. The highest BCUT2D eigenvalue weighted by Gasteiger charge is 2.60. The zero-order valence-electron chi connectivity index (χ0n) is 22.7. The van der Waals surface area contributed by atoms with Crippen LogP contribution in [0.3, 0.4) is 0 Å². The highest BCUT2D eigenvalue weighted by atomic mass is 16.7. The monoisotopic (exact) mass is 525 g/mol. The van der Waals surface area contributed by atoms with Crippen LogP contribution in [0.2, 0.25) is 0 Å². The fraction of sp³-hybridized carbons (Fsp3) is 0.375. The Morgan fingerprint density at radius 2 is 1.62 bits per heavy atom. The van der Waals surface area contributed by atoms with Gasteiger partial charge in [0.25, 0.3) is 5.91 Å². The topological polar surface area (TPSA) is 62.3 Å². The number of likely N-dealkylation sites (tertiary alicyclic amines) is 1. The van der Waals surface area contributed by atoms with Crippen molar-refractivity contribution in [1.29, 1.82) is 0 Å². The maximum Gasteiger partial charge on any atom is 0.266 e. The van der Waals surface area contributed by atoms with E-state index in [-0.39, 0.29) is 11.8 Å². The number of rotatable bonds is 6. The van der Waals surface area contributed by atoms with Gasteiger partial charge in [0.15, 0.2) is 6.10 Å². The predicted octanol–water partition coefficient (Wildman–Crippen LogP) is 5.29. The van der Waals surface area contributed by atoms with E-state index in [9.17, 15) is 9.59 Å². The molecule has 7 nitrogen and oxygen atoms in total. The number of carbonyl (C=O) groups is 2. The van der Waals surface area contributed by atoms with E-state index in [0.717, 1.165) is 53.7 Å². The van der Waals surface area contributed by atoms with Gasteiger partial charge in [0.2, 0.25) is 5.91 Å². The molecule has 3 aliphatic heterocycles. The van der Waals surface area contributed by atoms with Crippen molar-refractivity contribution < 1.29 is 19.2 Å². The minimum Gasteiger partial charge on any atom is -0.496 e. The predicted molar refractivity (Wildman–Crippen MR) is 150 cm³/mol. The van der Waals surface area contributed by atoms with Crippen LogP contribution in [-0.4, -0.2) is 43.0 Å². The molecule has 3 atom stereocenters. The van der Waals surface area contributed by atoms with Crippen molar-refractivity contribution in [3.63, 3.8) is 0 Å². The number of fused-ring (bicyclic) bond motifs is 1. The number of piperidine rings is 1. The van der Waals surface area contributed by atoms with Gasteiger partial charge in [0.05, 0.1) is 24.5 Å². The number of hydrogen-bond acceptors (Lipinski definition) is 6. The van der Waals surface area contributed by atoms with Crippen LogP contribution in [-0.2, 0) is 21.0 Å². The molecule has 3 aromatic carbocycles. The second-order valence-electron chi connectivity index (χ2n) is 11.0. The summed E-state index contributed by atoms with van der Waals surface area (Å²) in [6.45, 7) is 7.18. The molecule has 3 heterocycles. The van der Waals surface area contributed by atoms with Crippen molar-refractivity contribution in [2.75, 3.05) is 30.2 Å². The summed E-state index contributed by atoms with van der Waals surface area (Å²) in [6, 6.07) is 22.8. The molecule has 0 aliphatic carbocycles. The summed E-state index contributed by atoms with van der Waals surface area (Å²) in [5, 5.41) is 1.76. The van der Waals surface area contributed by atoms with E-state index in [0.29, 0.717) is 5.69 Å². The Balaban J connectivity index is 1.38. The minimum absolute atomic E-state index is 0.236. The van der Waals surface area contributed by atoms with Gasteiger partial charge in [-0.25, -0.2) is 9.96 Å². The molecule has 0 aromatic heterocycles. The van der Waals surface area contributed by atoms with Gasteiger partial charge in [0, 0.05) is 12.1 Å². The van der Waals surface area contributed by atoms with Crippen molar-refractivity contribution >= 4 is 23.2 Å². The lowest BCUT2D eigenvalue weighted by Gasteiger charge is -2.31. The number of methoxy groups -OCH3 is 1. The number of para-hydroxylation sites is 1. The van der Waals surface area contributed by atoms with Gasteiger partial charge in [0.1, 0.15) is 11.7 Å². The smallest absolute Gasteiger partial charge is 0.266 e. The van der Waals surface area contributed by atoms with E-state index >= 15 is 0 Å². The molecular weight excluding hydrogens is 490 g/mol. The van der Waals surface area contributed by atoms with Gasteiger partial charge in [-0.3, -0.25) is 19.3 Å². The van der Waals surface area contributed by atoms with Crippen molar-refractivity contribution in [1.82, 2.24) is 4.90 Å². The summed E-state index contributed by atoms with van der Waals surface area (Å²) in [6.07, 6.45) is 1.49. The van der Waals surface area contributed by atoms with Gasteiger partial charge in [-0.1, -0.05) is 48.9 Å². The maximum absolute atomic E-state index is 14.0. The highest BCUT2D eigenvalue weighted by Crippen LogP contribution is 2.48. The molecule has 39 heavy (non-hydrogen) atoms. The fourth-order valence-electron chi connectivity index (χ4n) is 6.07. The molecule has 0 saturated carbocycles. The number of aryl methyl sites for hydroxylation is 1. The average molecular weight is 526 g/mol. The summed E-state index contributed by atoms with van der Waals surface area (Å²) >= 11 is 0. The SMILES string of the molecule is COc1ccc([C@H]2[C@H]3C(=O)N(c4ccc(C)cc4)C(=O)[C@H]3ON2c2ccccc2)cc1CN1CCC(C)CC1. The van der Waals surface area contributed by atoms with E-state index in [4.69, 9.17) is 9.57 Å². The summed E-state index contributed by atoms with van der Waals surface area (Å²) in [7, 11) is 1.69. The normalized spacial score (nSPS) is 23.9. The van der Waals surface area contributed by atoms with Crippen LogP contribution in [0.1, 0.15) is 42.5 Å². The molecule has 0 spiro atoms. The molecule has 6 rings (SSSR count). The molecule has 3 aliphatic rings. The zero-order chi connectivity index (χ0) is 27.1. The van der Waals surface area contributed by atoms with E-state index in [1.807, 2.05) is 73.7 Å².